The van der Waals surface area contributed by atoms with Gasteiger partial charge in [0.05, 0.1) is 5.56 Å². The number of benzene rings is 1. The number of carboxylic acids is 1. The first-order valence-corrected chi connectivity index (χ1v) is 4.15. The highest BCUT2D eigenvalue weighted by Gasteiger charge is 2.05. The van der Waals surface area contributed by atoms with E-state index in [-0.39, 0.29) is 5.56 Å². The van der Waals surface area contributed by atoms with E-state index < -0.39 is 5.97 Å². The Kier molecular flexibility index (Phi) is 3.09. The first-order chi connectivity index (χ1) is 6.15. The molecule has 0 radical (unpaired) electrons. The second-order valence-corrected chi connectivity index (χ2v) is 3.01. The lowest BCUT2D eigenvalue weighted by atomic mass is 10.1. The maximum absolute atomic E-state index is 10.6. The van der Waals surface area contributed by atoms with Gasteiger partial charge in [-0.25, -0.2) is 4.79 Å². The largest absolute Gasteiger partial charge is 0.478 e. The van der Waals surface area contributed by atoms with Gasteiger partial charge in [0.2, 0.25) is 0 Å². The van der Waals surface area contributed by atoms with Crippen LogP contribution in [-0.4, -0.2) is 11.1 Å². The van der Waals surface area contributed by atoms with Crippen molar-refractivity contribution in [1.29, 1.82) is 0 Å². The smallest absolute Gasteiger partial charge is 0.335 e. The number of hydrogen-bond acceptors (Lipinski definition) is 1. The number of allylic oxidation sites excluding steroid dienone is 1. The molecular formula is C10H9ClO2. The number of halogens is 1. The molecule has 13 heavy (non-hydrogen) atoms. The summed E-state index contributed by atoms with van der Waals surface area (Å²) in [5.74, 6) is -0.943. The van der Waals surface area contributed by atoms with E-state index >= 15 is 0 Å². The highest BCUT2D eigenvalue weighted by atomic mass is 35.5. The Morgan fingerprint density at radius 2 is 2.31 bits per heavy atom. The summed E-state index contributed by atoms with van der Waals surface area (Å²) in [5.41, 5.74) is 1.04. The fraction of sp³-hybridized carbons (Fsp3) is 0.100. The SMILES string of the molecule is C=CCc1cc(C(=O)O)ccc1Cl. The summed E-state index contributed by atoms with van der Waals surface area (Å²) in [6.45, 7) is 3.57. The summed E-state index contributed by atoms with van der Waals surface area (Å²) in [7, 11) is 0. The summed E-state index contributed by atoms with van der Waals surface area (Å²) in [4.78, 5) is 10.6. The lowest BCUT2D eigenvalue weighted by molar-refractivity contribution is 0.0697. The van der Waals surface area contributed by atoms with E-state index in [9.17, 15) is 4.79 Å². The maximum atomic E-state index is 10.6. The highest BCUT2D eigenvalue weighted by molar-refractivity contribution is 6.31. The van der Waals surface area contributed by atoms with E-state index in [0.29, 0.717) is 11.4 Å². The van der Waals surface area contributed by atoms with Crippen molar-refractivity contribution < 1.29 is 9.90 Å². The Morgan fingerprint density at radius 3 is 2.85 bits per heavy atom. The molecule has 0 heterocycles. The van der Waals surface area contributed by atoms with Gasteiger partial charge in [-0.1, -0.05) is 17.7 Å². The average Bonchev–Trinajstić information content (AvgIpc) is 2.08. The first-order valence-electron chi connectivity index (χ1n) is 3.77. The number of carbonyl (C=O) groups is 1. The van der Waals surface area contributed by atoms with Crippen molar-refractivity contribution in [2.75, 3.05) is 0 Å². The molecule has 0 amide bonds. The molecule has 0 aliphatic carbocycles. The summed E-state index contributed by atoms with van der Waals surface area (Å²) in [5, 5.41) is 9.27. The second kappa shape index (κ2) is 4.10. The Labute approximate surface area is 81.5 Å². The minimum absolute atomic E-state index is 0.251. The van der Waals surface area contributed by atoms with Gasteiger partial charge < -0.3 is 5.11 Å². The molecule has 3 heteroatoms. The fourth-order valence-corrected chi connectivity index (χ4v) is 1.21. The van der Waals surface area contributed by atoms with Crippen LogP contribution in [0.2, 0.25) is 5.02 Å². The van der Waals surface area contributed by atoms with Crippen molar-refractivity contribution in [3.63, 3.8) is 0 Å². The van der Waals surface area contributed by atoms with Crippen molar-refractivity contribution in [2.45, 2.75) is 6.42 Å². The van der Waals surface area contributed by atoms with Crippen LogP contribution in [0.1, 0.15) is 15.9 Å². The van der Waals surface area contributed by atoms with Crippen LogP contribution in [0.25, 0.3) is 0 Å². The molecule has 0 atom stereocenters. The van der Waals surface area contributed by atoms with Crippen LogP contribution < -0.4 is 0 Å². The zero-order chi connectivity index (χ0) is 9.84. The Balaban J connectivity index is 3.10. The number of hydrogen-bond donors (Lipinski definition) is 1. The molecule has 1 N–H and O–H groups in total. The predicted octanol–water partition coefficient (Wildman–Crippen LogP) is 2.77. The van der Waals surface area contributed by atoms with E-state index in [2.05, 4.69) is 6.58 Å². The van der Waals surface area contributed by atoms with E-state index in [4.69, 9.17) is 16.7 Å². The molecule has 0 unspecified atom stereocenters. The number of aromatic carboxylic acids is 1. The molecule has 1 aromatic rings. The topological polar surface area (TPSA) is 37.3 Å². The summed E-state index contributed by atoms with van der Waals surface area (Å²) in [6.07, 6.45) is 2.27. The van der Waals surface area contributed by atoms with Crippen LogP contribution in [0.4, 0.5) is 0 Å². The monoisotopic (exact) mass is 196 g/mol. The van der Waals surface area contributed by atoms with Crippen molar-refractivity contribution in [1.82, 2.24) is 0 Å². The quantitative estimate of drug-likeness (QED) is 0.755. The fourth-order valence-electron chi connectivity index (χ4n) is 1.02. The van der Waals surface area contributed by atoms with Gasteiger partial charge in [0.15, 0.2) is 0 Å². The summed E-state index contributed by atoms with van der Waals surface area (Å²) in [6, 6.07) is 4.63. The molecule has 0 aliphatic rings. The number of carboxylic acid groups (broad SMARTS) is 1. The Hall–Kier alpha value is -1.28. The molecule has 0 aromatic heterocycles. The van der Waals surface area contributed by atoms with Crippen LogP contribution in [0.3, 0.4) is 0 Å². The van der Waals surface area contributed by atoms with Crippen molar-refractivity contribution in [3.8, 4) is 0 Å². The van der Waals surface area contributed by atoms with Gasteiger partial charge in [-0.05, 0) is 30.2 Å². The third kappa shape index (κ3) is 2.33. The highest BCUT2D eigenvalue weighted by Crippen LogP contribution is 2.18. The van der Waals surface area contributed by atoms with Crippen LogP contribution in [0.15, 0.2) is 30.9 Å². The molecule has 0 fully saturated rings. The molecule has 1 aromatic carbocycles. The van der Waals surface area contributed by atoms with Gasteiger partial charge in [-0.2, -0.15) is 0 Å². The standard InChI is InChI=1S/C10H9ClO2/c1-2-3-7-6-8(10(12)13)4-5-9(7)11/h2,4-6H,1,3H2,(H,12,13). The lowest BCUT2D eigenvalue weighted by Crippen LogP contribution is -1.97. The van der Waals surface area contributed by atoms with Crippen LogP contribution in [0.5, 0.6) is 0 Å². The van der Waals surface area contributed by atoms with Gasteiger partial charge in [0.25, 0.3) is 0 Å². The molecule has 0 bridgehead atoms. The second-order valence-electron chi connectivity index (χ2n) is 2.60. The summed E-state index contributed by atoms with van der Waals surface area (Å²) >= 11 is 5.84. The van der Waals surface area contributed by atoms with E-state index in [0.717, 1.165) is 5.56 Å². The Morgan fingerprint density at radius 1 is 1.62 bits per heavy atom. The molecule has 1 rings (SSSR count). The maximum Gasteiger partial charge on any atom is 0.335 e. The van der Waals surface area contributed by atoms with Gasteiger partial charge >= 0.3 is 5.97 Å². The predicted molar refractivity (Wildman–Crippen MR) is 52.3 cm³/mol. The third-order valence-electron chi connectivity index (χ3n) is 1.66. The number of rotatable bonds is 3. The molecule has 0 spiro atoms. The van der Waals surface area contributed by atoms with E-state index in [1.54, 1.807) is 18.2 Å². The minimum atomic E-state index is -0.943. The van der Waals surface area contributed by atoms with Crippen molar-refractivity contribution in [3.05, 3.63) is 47.0 Å². The van der Waals surface area contributed by atoms with Crippen LogP contribution in [0, 0.1) is 0 Å². The normalized spacial score (nSPS) is 9.62. The van der Waals surface area contributed by atoms with Crippen LogP contribution in [-0.2, 0) is 6.42 Å². The molecule has 0 saturated carbocycles. The molecule has 2 nitrogen and oxygen atoms in total. The van der Waals surface area contributed by atoms with Crippen molar-refractivity contribution in [2.24, 2.45) is 0 Å². The third-order valence-corrected chi connectivity index (χ3v) is 2.03. The molecular weight excluding hydrogens is 188 g/mol. The zero-order valence-electron chi connectivity index (χ0n) is 6.96. The van der Waals surface area contributed by atoms with Gasteiger partial charge in [-0.3, -0.25) is 0 Å². The first kappa shape index (κ1) is 9.81. The van der Waals surface area contributed by atoms with E-state index in [1.807, 2.05) is 0 Å². The summed E-state index contributed by atoms with van der Waals surface area (Å²) < 4.78 is 0. The minimum Gasteiger partial charge on any atom is -0.478 e. The molecule has 0 aliphatic heterocycles. The molecule has 0 saturated heterocycles. The molecule has 68 valence electrons. The van der Waals surface area contributed by atoms with Gasteiger partial charge in [0.1, 0.15) is 0 Å². The Bertz CT molecular complexity index is 345. The van der Waals surface area contributed by atoms with E-state index in [1.165, 1.54) is 6.07 Å². The lowest BCUT2D eigenvalue weighted by Gasteiger charge is -2.01. The van der Waals surface area contributed by atoms with Crippen molar-refractivity contribution >= 4 is 17.6 Å². The van der Waals surface area contributed by atoms with Gasteiger partial charge in [0, 0.05) is 5.02 Å². The average molecular weight is 197 g/mol. The van der Waals surface area contributed by atoms with Gasteiger partial charge in [-0.15, -0.1) is 6.58 Å². The zero-order valence-corrected chi connectivity index (χ0v) is 7.71. The van der Waals surface area contributed by atoms with Crippen LogP contribution >= 0.6 is 11.6 Å².